The van der Waals surface area contributed by atoms with E-state index < -0.39 is 5.97 Å². The van der Waals surface area contributed by atoms with Crippen LogP contribution in [0.25, 0.3) is 0 Å². The van der Waals surface area contributed by atoms with Gasteiger partial charge in [-0.15, -0.1) is 0 Å². The Morgan fingerprint density at radius 3 is 2.80 bits per heavy atom. The molecule has 0 aliphatic carbocycles. The molecule has 1 fully saturated rings. The van der Waals surface area contributed by atoms with Gasteiger partial charge in [-0.3, -0.25) is 4.79 Å². The summed E-state index contributed by atoms with van der Waals surface area (Å²) in [7, 11) is 0. The largest absolute Gasteiger partial charge is 0.481 e. The highest BCUT2D eigenvalue weighted by molar-refractivity contribution is 9.10. The molecule has 1 aliphatic rings. The van der Waals surface area contributed by atoms with Crippen molar-refractivity contribution in [2.45, 2.75) is 12.5 Å². The third-order valence-electron chi connectivity index (χ3n) is 2.76. The third kappa shape index (κ3) is 2.21. The van der Waals surface area contributed by atoms with Crippen LogP contribution in [0.2, 0.25) is 0 Å². The van der Waals surface area contributed by atoms with E-state index in [1.807, 2.05) is 24.3 Å². The van der Waals surface area contributed by atoms with Crippen molar-refractivity contribution in [1.29, 1.82) is 0 Å². The number of hydrogen-bond acceptors (Lipinski definition) is 2. The Morgan fingerprint density at radius 2 is 2.20 bits per heavy atom. The summed E-state index contributed by atoms with van der Waals surface area (Å²) in [5.41, 5.74) is 1.14. The van der Waals surface area contributed by atoms with Gasteiger partial charge in [-0.1, -0.05) is 34.1 Å². The zero-order valence-corrected chi connectivity index (χ0v) is 9.70. The van der Waals surface area contributed by atoms with E-state index in [1.165, 1.54) is 0 Å². The van der Waals surface area contributed by atoms with Crippen molar-refractivity contribution >= 4 is 21.9 Å². The summed E-state index contributed by atoms with van der Waals surface area (Å²) in [6.07, 6.45) is 0.665. The van der Waals surface area contributed by atoms with Crippen molar-refractivity contribution in [2.24, 2.45) is 5.92 Å². The van der Waals surface area contributed by atoms with Gasteiger partial charge in [-0.05, 0) is 18.1 Å². The van der Waals surface area contributed by atoms with Gasteiger partial charge in [0.05, 0.1) is 5.92 Å². The van der Waals surface area contributed by atoms with Crippen LogP contribution >= 0.6 is 15.9 Å². The zero-order chi connectivity index (χ0) is 10.8. The summed E-state index contributed by atoms with van der Waals surface area (Å²) >= 11 is 3.48. The van der Waals surface area contributed by atoms with Gasteiger partial charge in [0, 0.05) is 17.1 Å². The van der Waals surface area contributed by atoms with E-state index in [2.05, 4.69) is 21.2 Å². The highest BCUT2D eigenvalue weighted by Gasteiger charge is 2.30. The Bertz CT molecular complexity index is 381. The molecule has 1 aliphatic heterocycles. The minimum absolute atomic E-state index is 0.154. The molecule has 15 heavy (non-hydrogen) atoms. The smallest absolute Gasteiger partial charge is 0.307 e. The van der Waals surface area contributed by atoms with Crippen molar-refractivity contribution in [1.82, 2.24) is 5.32 Å². The molecule has 3 nitrogen and oxygen atoms in total. The lowest BCUT2D eigenvalue weighted by molar-refractivity contribution is -0.141. The molecule has 80 valence electrons. The van der Waals surface area contributed by atoms with Crippen molar-refractivity contribution in [3.8, 4) is 0 Å². The van der Waals surface area contributed by atoms with Crippen LogP contribution in [0.4, 0.5) is 0 Å². The van der Waals surface area contributed by atoms with Crippen LogP contribution in [0.1, 0.15) is 18.0 Å². The molecule has 0 aromatic heterocycles. The average Bonchev–Trinajstić information content (AvgIpc) is 2.67. The summed E-state index contributed by atoms with van der Waals surface area (Å²) in [6.45, 7) is 0.557. The van der Waals surface area contributed by atoms with Gasteiger partial charge in [0.1, 0.15) is 0 Å². The Morgan fingerprint density at radius 1 is 1.47 bits per heavy atom. The highest BCUT2D eigenvalue weighted by Crippen LogP contribution is 2.31. The van der Waals surface area contributed by atoms with Gasteiger partial charge in [-0.25, -0.2) is 0 Å². The minimum atomic E-state index is -0.711. The van der Waals surface area contributed by atoms with Gasteiger partial charge in [0.25, 0.3) is 0 Å². The van der Waals surface area contributed by atoms with Crippen LogP contribution in [0.15, 0.2) is 28.7 Å². The molecule has 1 aromatic rings. The second-order valence-electron chi connectivity index (χ2n) is 3.75. The molecule has 1 aromatic carbocycles. The average molecular weight is 270 g/mol. The molecule has 0 saturated carbocycles. The molecule has 0 amide bonds. The van der Waals surface area contributed by atoms with E-state index in [0.29, 0.717) is 13.0 Å². The number of carbonyl (C=O) groups is 1. The predicted molar refractivity (Wildman–Crippen MR) is 60.6 cm³/mol. The van der Waals surface area contributed by atoms with Crippen LogP contribution in [-0.4, -0.2) is 17.6 Å². The number of halogens is 1. The van der Waals surface area contributed by atoms with Gasteiger partial charge in [-0.2, -0.15) is 0 Å². The quantitative estimate of drug-likeness (QED) is 0.866. The van der Waals surface area contributed by atoms with Crippen molar-refractivity contribution in [3.63, 3.8) is 0 Å². The lowest BCUT2D eigenvalue weighted by Gasteiger charge is -2.12. The molecule has 2 rings (SSSR count). The molecular formula is C11H12BrNO2. The monoisotopic (exact) mass is 269 g/mol. The van der Waals surface area contributed by atoms with E-state index in [9.17, 15) is 4.79 Å². The van der Waals surface area contributed by atoms with E-state index in [0.717, 1.165) is 10.0 Å². The molecule has 2 unspecified atom stereocenters. The number of nitrogens with one attached hydrogen (secondary N) is 1. The number of carboxylic acid groups (broad SMARTS) is 1. The second kappa shape index (κ2) is 4.33. The molecule has 2 atom stereocenters. The van der Waals surface area contributed by atoms with E-state index >= 15 is 0 Å². The highest BCUT2D eigenvalue weighted by atomic mass is 79.9. The minimum Gasteiger partial charge on any atom is -0.481 e. The van der Waals surface area contributed by atoms with E-state index in [-0.39, 0.29) is 12.0 Å². The van der Waals surface area contributed by atoms with Gasteiger partial charge >= 0.3 is 5.97 Å². The third-order valence-corrected chi connectivity index (χ3v) is 3.48. The number of hydrogen-bond donors (Lipinski definition) is 2. The first kappa shape index (κ1) is 10.6. The second-order valence-corrected chi connectivity index (χ2v) is 4.61. The lowest BCUT2D eigenvalue weighted by Crippen LogP contribution is -2.17. The van der Waals surface area contributed by atoms with E-state index in [4.69, 9.17) is 5.11 Å². The van der Waals surface area contributed by atoms with Crippen LogP contribution < -0.4 is 5.32 Å². The topological polar surface area (TPSA) is 49.3 Å². The predicted octanol–water partition coefficient (Wildman–Crippen LogP) is 2.18. The first-order valence-electron chi connectivity index (χ1n) is 4.89. The first-order valence-corrected chi connectivity index (χ1v) is 5.68. The molecule has 0 radical (unpaired) electrons. The Labute approximate surface area is 96.6 Å². The van der Waals surface area contributed by atoms with Gasteiger partial charge in [0.2, 0.25) is 0 Å². The van der Waals surface area contributed by atoms with Crippen LogP contribution in [0.3, 0.4) is 0 Å². The lowest BCUT2D eigenvalue weighted by atomic mass is 10.0. The Kier molecular flexibility index (Phi) is 3.07. The maximum absolute atomic E-state index is 10.8. The molecule has 1 saturated heterocycles. The fraction of sp³-hybridized carbons (Fsp3) is 0.364. The van der Waals surface area contributed by atoms with Gasteiger partial charge < -0.3 is 10.4 Å². The van der Waals surface area contributed by atoms with Crippen LogP contribution in [-0.2, 0) is 4.79 Å². The molecule has 0 bridgehead atoms. The number of benzene rings is 1. The van der Waals surface area contributed by atoms with E-state index in [1.54, 1.807) is 0 Å². The summed E-state index contributed by atoms with van der Waals surface area (Å²) in [5, 5.41) is 12.1. The standard InChI is InChI=1S/C11H12BrNO2/c12-9-4-2-1-3-8(9)10-5-7(6-13-10)11(14)15/h1-4,7,10,13H,5-6H2,(H,14,15). The van der Waals surface area contributed by atoms with Crippen LogP contribution in [0, 0.1) is 5.92 Å². The van der Waals surface area contributed by atoms with Crippen molar-refractivity contribution < 1.29 is 9.90 Å². The summed E-state index contributed by atoms with van der Waals surface area (Å²) in [6, 6.07) is 8.08. The first-order chi connectivity index (χ1) is 7.18. The maximum atomic E-state index is 10.8. The zero-order valence-electron chi connectivity index (χ0n) is 8.11. The normalized spacial score (nSPS) is 25.4. The Hall–Kier alpha value is -0.870. The fourth-order valence-electron chi connectivity index (χ4n) is 1.92. The summed E-state index contributed by atoms with van der Waals surface area (Å²) in [5.74, 6) is -0.973. The van der Waals surface area contributed by atoms with Crippen LogP contribution in [0.5, 0.6) is 0 Å². The maximum Gasteiger partial charge on any atom is 0.307 e. The van der Waals surface area contributed by atoms with Gasteiger partial charge in [0.15, 0.2) is 0 Å². The van der Waals surface area contributed by atoms with Crippen molar-refractivity contribution in [2.75, 3.05) is 6.54 Å². The fourth-order valence-corrected chi connectivity index (χ4v) is 2.48. The molecule has 4 heteroatoms. The van der Waals surface area contributed by atoms with Crippen molar-refractivity contribution in [3.05, 3.63) is 34.3 Å². The molecule has 0 spiro atoms. The Balaban J connectivity index is 2.14. The number of carboxylic acids is 1. The summed E-state index contributed by atoms with van der Waals surface area (Å²) in [4.78, 5) is 10.8. The number of rotatable bonds is 2. The molecular weight excluding hydrogens is 258 g/mol. The molecule has 1 heterocycles. The number of aliphatic carboxylic acids is 1. The summed E-state index contributed by atoms with van der Waals surface area (Å²) < 4.78 is 1.04. The molecule has 2 N–H and O–H groups in total. The SMILES string of the molecule is O=C(O)C1CNC(c2ccccc2Br)C1.